The Kier molecular flexibility index (Phi) is 4.33. The molecule has 27 heavy (non-hydrogen) atoms. The Bertz CT molecular complexity index is 1020. The lowest BCUT2D eigenvalue weighted by molar-refractivity contribution is 0.464. The molecular weight excluding hydrogens is 367 g/mol. The zero-order valence-electron chi connectivity index (χ0n) is 15.0. The monoisotopic (exact) mass is 388 g/mol. The molecule has 2 aliphatic heterocycles. The highest BCUT2D eigenvalue weighted by atomic mass is 32.2. The molecule has 7 nitrogen and oxygen atoms in total. The number of fused-ring (bicyclic) bond motifs is 1. The van der Waals surface area contributed by atoms with Gasteiger partial charge in [-0.15, -0.1) is 0 Å². The minimum absolute atomic E-state index is 0.104. The van der Waals surface area contributed by atoms with E-state index in [0.717, 1.165) is 24.0 Å². The van der Waals surface area contributed by atoms with Gasteiger partial charge < -0.3 is 5.73 Å². The summed E-state index contributed by atoms with van der Waals surface area (Å²) in [5, 5.41) is 0. The van der Waals surface area contributed by atoms with Crippen LogP contribution in [0.4, 0.5) is 4.39 Å². The van der Waals surface area contributed by atoms with Crippen LogP contribution in [0.15, 0.2) is 46.3 Å². The molecule has 0 radical (unpaired) electrons. The van der Waals surface area contributed by atoms with Gasteiger partial charge in [0.1, 0.15) is 27.6 Å². The normalized spacial score (nSPS) is 27.9. The lowest BCUT2D eigenvalue weighted by Gasteiger charge is -2.38. The highest BCUT2D eigenvalue weighted by Gasteiger charge is 2.42. The van der Waals surface area contributed by atoms with Crippen LogP contribution in [0, 0.1) is 5.82 Å². The molecule has 0 aliphatic carbocycles. The Hall–Kier alpha value is -2.55. The second kappa shape index (κ2) is 6.56. The molecule has 0 unspecified atom stereocenters. The van der Waals surface area contributed by atoms with E-state index in [1.807, 2.05) is 0 Å². The van der Waals surface area contributed by atoms with Crippen molar-refractivity contribution in [3.05, 3.63) is 48.3 Å². The first-order valence-corrected chi connectivity index (χ1v) is 10.4. The van der Waals surface area contributed by atoms with Crippen molar-refractivity contribution in [3.8, 4) is 11.1 Å². The van der Waals surface area contributed by atoms with E-state index in [2.05, 4.69) is 19.3 Å². The third-order valence-electron chi connectivity index (χ3n) is 4.93. The van der Waals surface area contributed by atoms with Gasteiger partial charge in [-0.3, -0.25) is 4.31 Å². The van der Waals surface area contributed by atoms with Crippen molar-refractivity contribution in [1.82, 2.24) is 14.3 Å². The van der Waals surface area contributed by atoms with Crippen molar-refractivity contribution in [2.24, 2.45) is 15.1 Å². The van der Waals surface area contributed by atoms with Gasteiger partial charge in [0.25, 0.3) is 0 Å². The van der Waals surface area contributed by atoms with Crippen molar-refractivity contribution >= 4 is 15.9 Å². The van der Waals surface area contributed by atoms with Gasteiger partial charge in [0.15, 0.2) is 0 Å². The van der Waals surface area contributed by atoms with Gasteiger partial charge in [0.2, 0.25) is 5.96 Å². The molecule has 2 aromatic rings. The average Bonchev–Trinajstić information content (AvgIpc) is 2.84. The van der Waals surface area contributed by atoms with E-state index in [1.165, 1.54) is 12.4 Å². The summed E-state index contributed by atoms with van der Waals surface area (Å²) < 4.78 is 34.3. The van der Waals surface area contributed by atoms with Gasteiger partial charge in [-0.05, 0) is 37.5 Å². The number of guanidine groups is 1. The third kappa shape index (κ3) is 3.16. The standard InChI is InChI=1S/C18H21FN6OS/c1-18(11-27(26)23-6-2-3-7-25(27)17(20)24-18)15-8-13(4-5-16(15)19)14-9-21-12-22-10-14/h4-5,8-10,12H,2-3,6-7,11H2,1H3,(H2,20,24)/t18-,27+/m0/s1. The Balaban J connectivity index is 1.84. The molecule has 0 saturated carbocycles. The highest BCUT2D eigenvalue weighted by Crippen LogP contribution is 2.37. The second-order valence-corrected chi connectivity index (χ2v) is 9.18. The summed E-state index contributed by atoms with van der Waals surface area (Å²) in [6.07, 6.45) is 6.47. The zero-order chi connectivity index (χ0) is 19.1. The molecule has 2 aliphatic rings. The van der Waals surface area contributed by atoms with Gasteiger partial charge in [-0.1, -0.05) is 6.07 Å². The van der Waals surface area contributed by atoms with E-state index < -0.39 is 21.3 Å². The van der Waals surface area contributed by atoms with Crippen LogP contribution in [-0.2, 0) is 15.5 Å². The van der Waals surface area contributed by atoms with E-state index in [0.29, 0.717) is 18.7 Å². The smallest absolute Gasteiger partial charge is 0.204 e. The van der Waals surface area contributed by atoms with Gasteiger partial charge in [0.05, 0.1) is 12.3 Å². The molecule has 2 atom stereocenters. The number of hydrogen-bond acceptors (Lipinski definition) is 6. The average molecular weight is 388 g/mol. The highest BCUT2D eigenvalue weighted by molar-refractivity contribution is 7.92. The number of hydrogen-bond donors (Lipinski definition) is 1. The van der Waals surface area contributed by atoms with E-state index in [1.54, 1.807) is 35.8 Å². The Labute approximate surface area is 157 Å². The predicted molar refractivity (Wildman–Crippen MR) is 103 cm³/mol. The van der Waals surface area contributed by atoms with Crippen LogP contribution in [0.1, 0.15) is 25.3 Å². The Morgan fingerprint density at radius 2 is 2.00 bits per heavy atom. The first-order chi connectivity index (χ1) is 12.9. The predicted octanol–water partition coefficient (Wildman–Crippen LogP) is 2.31. The summed E-state index contributed by atoms with van der Waals surface area (Å²) in [7, 11) is -2.76. The first-order valence-electron chi connectivity index (χ1n) is 8.80. The number of nitrogens with zero attached hydrogens (tertiary/aromatic N) is 5. The molecule has 0 saturated heterocycles. The SMILES string of the molecule is C[C@@]1(c2cc(-c3cncnc3)ccc2F)C[S@@]2(=O)=NCCCCN2C(N)=N1. The van der Waals surface area contributed by atoms with Crippen molar-refractivity contribution in [1.29, 1.82) is 0 Å². The summed E-state index contributed by atoms with van der Waals surface area (Å²) in [4.78, 5) is 12.6. The lowest BCUT2D eigenvalue weighted by Crippen LogP contribution is -2.52. The molecule has 4 rings (SSSR count). The summed E-state index contributed by atoms with van der Waals surface area (Å²) in [6, 6.07) is 4.76. The number of aliphatic imine (C=N–C) groups is 1. The topological polar surface area (TPSA) is 96.8 Å². The van der Waals surface area contributed by atoms with Gasteiger partial charge in [-0.2, -0.15) is 0 Å². The molecule has 1 aromatic heterocycles. The molecule has 0 fully saturated rings. The number of benzene rings is 1. The van der Waals surface area contributed by atoms with Crippen LogP contribution in [0.5, 0.6) is 0 Å². The third-order valence-corrected chi connectivity index (χ3v) is 7.52. The quantitative estimate of drug-likeness (QED) is 0.854. The summed E-state index contributed by atoms with van der Waals surface area (Å²) in [6.45, 7) is 2.83. The van der Waals surface area contributed by atoms with E-state index in [9.17, 15) is 8.60 Å². The summed E-state index contributed by atoms with van der Waals surface area (Å²) in [5.74, 6) is -0.154. The summed E-state index contributed by atoms with van der Waals surface area (Å²) >= 11 is 0. The molecule has 142 valence electrons. The number of nitrogens with two attached hydrogens (primary N) is 1. The van der Waals surface area contributed by atoms with Gasteiger partial charge in [-0.25, -0.2) is 27.9 Å². The molecule has 0 amide bonds. The van der Waals surface area contributed by atoms with Crippen molar-refractivity contribution in [2.75, 3.05) is 18.8 Å². The summed E-state index contributed by atoms with van der Waals surface area (Å²) in [5.41, 5.74) is 6.95. The van der Waals surface area contributed by atoms with Crippen molar-refractivity contribution in [3.63, 3.8) is 0 Å². The molecule has 3 heterocycles. The van der Waals surface area contributed by atoms with Crippen LogP contribution in [0.25, 0.3) is 11.1 Å². The van der Waals surface area contributed by atoms with Gasteiger partial charge in [0, 0.05) is 30.1 Å². The van der Waals surface area contributed by atoms with E-state index in [4.69, 9.17) is 5.73 Å². The minimum atomic E-state index is -2.76. The Morgan fingerprint density at radius 3 is 2.78 bits per heavy atom. The second-order valence-electron chi connectivity index (χ2n) is 6.98. The van der Waals surface area contributed by atoms with Crippen molar-refractivity contribution in [2.45, 2.75) is 25.3 Å². The van der Waals surface area contributed by atoms with Gasteiger partial charge >= 0.3 is 0 Å². The molecule has 0 spiro atoms. The molecule has 1 aromatic carbocycles. The molecule has 0 bridgehead atoms. The van der Waals surface area contributed by atoms with Crippen LogP contribution in [0.2, 0.25) is 0 Å². The fraction of sp³-hybridized carbons (Fsp3) is 0.389. The minimum Gasteiger partial charge on any atom is -0.369 e. The maximum Gasteiger partial charge on any atom is 0.204 e. The first kappa shape index (κ1) is 17.8. The fourth-order valence-corrected chi connectivity index (χ4v) is 6.08. The molecule has 9 heteroatoms. The fourth-order valence-electron chi connectivity index (χ4n) is 3.58. The number of rotatable bonds is 2. The maximum absolute atomic E-state index is 14.8. The number of aromatic nitrogens is 2. The van der Waals surface area contributed by atoms with Crippen LogP contribution >= 0.6 is 0 Å². The number of halogens is 1. The Morgan fingerprint density at radius 1 is 1.22 bits per heavy atom. The van der Waals surface area contributed by atoms with Crippen molar-refractivity contribution < 1.29 is 8.60 Å². The largest absolute Gasteiger partial charge is 0.369 e. The van der Waals surface area contributed by atoms with E-state index in [-0.39, 0.29) is 11.7 Å². The van der Waals surface area contributed by atoms with Crippen LogP contribution in [-0.4, -0.2) is 43.3 Å². The van der Waals surface area contributed by atoms with Crippen LogP contribution in [0.3, 0.4) is 0 Å². The van der Waals surface area contributed by atoms with E-state index >= 15 is 0 Å². The molecular formula is C18H21FN6OS. The lowest BCUT2D eigenvalue weighted by atomic mass is 9.91. The maximum atomic E-state index is 14.8. The molecule has 2 N–H and O–H groups in total. The van der Waals surface area contributed by atoms with Crippen LogP contribution < -0.4 is 5.73 Å². The zero-order valence-corrected chi connectivity index (χ0v) is 15.8.